The van der Waals surface area contributed by atoms with E-state index in [0.717, 1.165) is 12.2 Å². The number of amides is 3. The van der Waals surface area contributed by atoms with Gasteiger partial charge in [0, 0.05) is 32.9 Å². The predicted octanol–water partition coefficient (Wildman–Crippen LogP) is 3.60. The van der Waals surface area contributed by atoms with Crippen LogP contribution in [-0.4, -0.2) is 79.0 Å². The van der Waals surface area contributed by atoms with Crippen LogP contribution in [0.1, 0.15) is 29.9 Å². The summed E-state index contributed by atoms with van der Waals surface area (Å²) in [7, 11) is 7.23. The minimum atomic E-state index is -0.334. The van der Waals surface area contributed by atoms with E-state index >= 15 is 0 Å². The molecule has 182 valence electrons. The number of rotatable bonds is 9. The number of hydrogen-bond donors (Lipinski definition) is 1. The van der Waals surface area contributed by atoms with E-state index in [9.17, 15) is 9.59 Å². The molecule has 3 rings (SSSR count). The Kier molecular flexibility index (Phi) is 8.12. The van der Waals surface area contributed by atoms with Crippen molar-refractivity contribution in [1.29, 1.82) is 0 Å². The van der Waals surface area contributed by atoms with E-state index in [1.54, 1.807) is 38.6 Å². The van der Waals surface area contributed by atoms with Crippen molar-refractivity contribution in [2.45, 2.75) is 20.3 Å². The second-order valence-electron chi connectivity index (χ2n) is 8.26. The van der Waals surface area contributed by atoms with E-state index in [0.29, 0.717) is 48.0 Å². The summed E-state index contributed by atoms with van der Waals surface area (Å²) >= 11 is 0. The van der Waals surface area contributed by atoms with Crippen molar-refractivity contribution < 1.29 is 14.3 Å². The van der Waals surface area contributed by atoms with Gasteiger partial charge < -0.3 is 19.9 Å². The van der Waals surface area contributed by atoms with Crippen LogP contribution in [0.2, 0.25) is 0 Å². The highest BCUT2D eigenvalue weighted by Crippen LogP contribution is 2.27. The van der Waals surface area contributed by atoms with Crippen molar-refractivity contribution in [2.75, 3.05) is 58.1 Å². The first kappa shape index (κ1) is 25.0. The molecule has 0 spiro atoms. The number of likely N-dealkylation sites (N-methyl/N-ethyl adjacent to an activating group) is 2. The normalized spacial score (nSPS) is 11.0. The first-order valence-electron chi connectivity index (χ1n) is 11.4. The van der Waals surface area contributed by atoms with Gasteiger partial charge in [-0.15, -0.1) is 0 Å². The maximum absolute atomic E-state index is 13.2. The monoisotopic (exact) mass is 466 g/mol. The third-order valence-electron chi connectivity index (χ3n) is 5.70. The molecular weight excluding hydrogens is 432 g/mol. The Labute approximate surface area is 200 Å². The van der Waals surface area contributed by atoms with Gasteiger partial charge in [0.2, 0.25) is 0 Å². The number of carbonyl (C=O) groups is 2. The third-order valence-corrected chi connectivity index (χ3v) is 5.70. The fourth-order valence-corrected chi connectivity index (χ4v) is 3.75. The van der Waals surface area contributed by atoms with Gasteiger partial charge in [-0.05, 0) is 51.7 Å². The van der Waals surface area contributed by atoms with Crippen LogP contribution in [0.15, 0.2) is 42.6 Å². The number of benzene rings is 1. The molecule has 3 aromatic rings. The Morgan fingerprint density at radius 2 is 1.79 bits per heavy atom. The fraction of sp³-hybridized carbons (Fsp3) is 0.400. The molecule has 0 atom stereocenters. The molecule has 0 saturated carbocycles. The van der Waals surface area contributed by atoms with Crippen LogP contribution in [0, 0.1) is 0 Å². The number of anilines is 2. The number of imidazole rings is 1. The number of nitrogens with one attached hydrogen (secondary N) is 1. The molecule has 9 nitrogen and oxygen atoms in total. The second kappa shape index (κ2) is 11.0. The number of methoxy groups -OCH3 is 1. The Morgan fingerprint density at radius 1 is 1.06 bits per heavy atom. The molecule has 0 radical (unpaired) electrons. The molecule has 34 heavy (non-hydrogen) atoms. The molecule has 0 bridgehead atoms. The van der Waals surface area contributed by atoms with Crippen LogP contribution in [0.3, 0.4) is 0 Å². The quantitative estimate of drug-likeness (QED) is 0.521. The minimum Gasteiger partial charge on any atom is -0.495 e. The largest absolute Gasteiger partial charge is 0.495 e. The average Bonchev–Trinajstić information content (AvgIpc) is 3.21. The number of hydrogen-bond acceptors (Lipinski definition) is 5. The summed E-state index contributed by atoms with van der Waals surface area (Å²) in [5, 5.41) is 2.90. The molecule has 9 heteroatoms. The molecule has 0 saturated heterocycles. The maximum Gasteiger partial charge on any atom is 0.327 e. The lowest BCUT2D eigenvalue weighted by Crippen LogP contribution is -2.36. The lowest BCUT2D eigenvalue weighted by Gasteiger charge is -2.23. The van der Waals surface area contributed by atoms with Crippen molar-refractivity contribution in [3.63, 3.8) is 0 Å². The second-order valence-corrected chi connectivity index (χ2v) is 8.26. The van der Waals surface area contributed by atoms with Crippen molar-refractivity contribution >= 4 is 29.1 Å². The number of aromatic nitrogens is 2. The van der Waals surface area contributed by atoms with Crippen molar-refractivity contribution in [2.24, 2.45) is 0 Å². The van der Waals surface area contributed by atoms with E-state index < -0.39 is 0 Å². The molecule has 0 unspecified atom stereocenters. The van der Waals surface area contributed by atoms with Gasteiger partial charge in [0.25, 0.3) is 5.91 Å². The first-order chi connectivity index (χ1) is 16.3. The zero-order valence-electron chi connectivity index (χ0n) is 20.8. The standard InChI is InChI=1S/C25H34N6O3/c1-7-19-23(29(5)25(33)27-20-11-9-10-12-21(20)34-6)31-17-18(13-14-22(31)26-19)24(32)30(8-2)16-15-28(3)4/h9-14,17H,7-8,15-16H2,1-6H3,(H,27,33). The van der Waals surface area contributed by atoms with Gasteiger partial charge in [-0.25, -0.2) is 9.78 Å². The van der Waals surface area contributed by atoms with Gasteiger partial charge in [0.15, 0.2) is 0 Å². The number of fused-ring (bicyclic) bond motifs is 1. The summed E-state index contributed by atoms with van der Waals surface area (Å²) in [5.74, 6) is 1.14. The Bertz CT molecular complexity index is 1160. The van der Waals surface area contributed by atoms with Gasteiger partial charge in [0.05, 0.1) is 24.1 Å². The van der Waals surface area contributed by atoms with Gasteiger partial charge in [-0.3, -0.25) is 14.1 Å². The SMILES string of the molecule is CCc1nc2ccc(C(=O)N(CC)CCN(C)C)cn2c1N(C)C(=O)Nc1ccccc1OC. The van der Waals surface area contributed by atoms with Crippen LogP contribution >= 0.6 is 0 Å². The molecule has 0 fully saturated rings. The average molecular weight is 467 g/mol. The highest BCUT2D eigenvalue weighted by molar-refractivity contribution is 6.02. The summed E-state index contributed by atoms with van der Waals surface area (Å²) in [5.41, 5.74) is 2.57. The van der Waals surface area contributed by atoms with Gasteiger partial charge in [0.1, 0.15) is 17.2 Å². The number of urea groups is 1. The fourth-order valence-electron chi connectivity index (χ4n) is 3.75. The summed E-state index contributed by atoms with van der Waals surface area (Å²) in [6.07, 6.45) is 2.40. The van der Waals surface area contributed by atoms with Crippen molar-refractivity contribution in [1.82, 2.24) is 19.2 Å². The van der Waals surface area contributed by atoms with E-state index in [4.69, 9.17) is 4.74 Å². The summed E-state index contributed by atoms with van der Waals surface area (Å²) in [6, 6.07) is 10.5. The van der Waals surface area contributed by atoms with Gasteiger partial charge in [-0.1, -0.05) is 19.1 Å². The van der Waals surface area contributed by atoms with E-state index in [1.165, 1.54) is 4.90 Å². The molecule has 1 aromatic carbocycles. The van der Waals surface area contributed by atoms with Crippen LogP contribution in [0.5, 0.6) is 5.75 Å². The van der Waals surface area contributed by atoms with Gasteiger partial charge >= 0.3 is 6.03 Å². The minimum absolute atomic E-state index is 0.0509. The Morgan fingerprint density at radius 3 is 2.44 bits per heavy atom. The van der Waals surface area contributed by atoms with Crippen LogP contribution in [0.4, 0.5) is 16.3 Å². The highest BCUT2D eigenvalue weighted by atomic mass is 16.5. The van der Waals surface area contributed by atoms with Crippen LogP contribution in [0.25, 0.3) is 5.65 Å². The zero-order valence-corrected chi connectivity index (χ0v) is 20.8. The molecule has 0 aliphatic carbocycles. The first-order valence-corrected chi connectivity index (χ1v) is 11.4. The summed E-state index contributed by atoms with van der Waals surface area (Å²) < 4.78 is 7.16. The summed E-state index contributed by atoms with van der Waals surface area (Å²) in [4.78, 5) is 36.4. The molecule has 3 amide bonds. The summed E-state index contributed by atoms with van der Waals surface area (Å²) in [6.45, 7) is 5.99. The Balaban J connectivity index is 1.95. The van der Waals surface area contributed by atoms with Gasteiger partial charge in [-0.2, -0.15) is 0 Å². The van der Waals surface area contributed by atoms with E-state index in [-0.39, 0.29) is 11.9 Å². The smallest absolute Gasteiger partial charge is 0.327 e. The van der Waals surface area contributed by atoms with E-state index in [1.807, 2.05) is 55.4 Å². The predicted molar refractivity (Wildman–Crippen MR) is 135 cm³/mol. The van der Waals surface area contributed by atoms with Crippen molar-refractivity contribution in [3.05, 3.63) is 53.9 Å². The number of ether oxygens (including phenoxy) is 1. The highest BCUT2D eigenvalue weighted by Gasteiger charge is 2.23. The lowest BCUT2D eigenvalue weighted by atomic mass is 10.2. The van der Waals surface area contributed by atoms with E-state index in [2.05, 4.69) is 15.2 Å². The number of nitrogens with zero attached hydrogens (tertiary/aromatic N) is 5. The third kappa shape index (κ3) is 5.31. The number of aryl methyl sites for hydroxylation is 1. The number of pyridine rings is 1. The number of para-hydroxylation sites is 2. The Hall–Kier alpha value is -3.59. The molecule has 0 aliphatic heterocycles. The topological polar surface area (TPSA) is 82.4 Å². The molecule has 1 N–H and O–H groups in total. The molecule has 2 aromatic heterocycles. The zero-order chi connectivity index (χ0) is 24.8. The maximum atomic E-state index is 13.2. The molecular formula is C25H34N6O3. The lowest BCUT2D eigenvalue weighted by molar-refractivity contribution is 0.0753. The number of carbonyl (C=O) groups excluding carboxylic acids is 2. The van der Waals surface area contributed by atoms with Crippen LogP contribution in [-0.2, 0) is 6.42 Å². The van der Waals surface area contributed by atoms with Crippen LogP contribution < -0.4 is 15.0 Å². The molecule has 0 aliphatic rings. The molecule has 2 heterocycles. The van der Waals surface area contributed by atoms with Crippen molar-refractivity contribution in [3.8, 4) is 5.75 Å².